The highest BCUT2D eigenvalue weighted by atomic mass is 16.1. The number of rotatable bonds is 5. The molecule has 18 heavy (non-hydrogen) atoms. The van der Waals surface area contributed by atoms with Crippen molar-refractivity contribution in [3.05, 3.63) is 34.9 Å². The van der Waals surface area contributed by atoms with Crippen LogP contribution in [0.3, 0.4) is 0 Å². The van der Waals surface area contributed by atoms with E-state index >= 15 is 0 Å². The average molecular weight is 249 g/mol. The fourth-order valence-corrected chi connectivity index (χ4v) is 1.46. The Morgan fingerprint density at radius 3 is 2.22 bits per heavy atom. The highest BCUT2D eigenvalue weighted by Crippen LogP contribution is 2.07. The van der Waals surface area contributed by atoms with Gasteiger partial charge >= 0.3 is 0 Å². The Hall–Kier alpha value is -1.15. The first-order chi connectivity index (χ1) is 8.47. The fraction of sp³-hybridized carbons (Fsp3) is 0.562. The molecule has 0 bridgehead atoms. The third-order valence-corrected chi connectivity index (χ3v) is 2.74. The molecule has 0 radical (unpaired) electrons. The third-order valence-electron chi connectivity index (χ3n) is 2.74. The van der Waals surface area contributed by atoms with Crippen LogP contribution in [0, 0.1) is 20.8 Å². The topological polar surface area (TPSA) is 29.1 Å². The normalized spacial score (nSPS) is 9.61. The van der Waals surface area contributed by atoms with E-state index in [0.717, 1.165) is 19.5 Å². The van der Waals surface area contributed by atoms with Gasteiger partial charge in [0.05, 0.1) is 0 Å². The maximum Gasteiger partial charge on any atom is 0.131 e. The van der Waals surface area contributed by atoms with Gasteiger partial charge < -0.3 is 5.32 Å². The molecule has 1 rings (SSSR count). The maximum atomic E-state index is 10.4. The lowest BCUT2D eigenvalue weighted by molar-refractivity contribution is -0.116. The molecule has 1 aromatic rings. The number of Topliss-reactive ketones (excluding diaryl/α,β-unsaturated/α-hetero) is 1. The fourth-order valence-electron chi connectivity index (χ4n) is 1.46. The van der Waals surface area contributed by atoms with Crippen LogP contribution in [-0.4, -0.2) is 18.9 Å². The van der Waals surface area contributed by atoms with Crippen LogP contribution in [0.4, 0.5) is 0 Å². The second kappa shape index (κ2) is 9.84. The minimum Gasteiger partial charge on any atom is -0.316 e. The number of benzene rings is 1. The Labute approximate surface area is 112 Å². The lowest BCUT2D eigenvalue weighted by Crippen LogP contribution is -2.17. The molecule has 0 aliphatic carbocycles. The zero-order valence-corrected chi connectivity index (χ0v) is 12.5. The van der Waals surface area contributed by atoms with Crippen LogP contribution in [0.15, 0.2) is 18.2 Å². The van der Waals surface area contributed by atoms with Crippen molar-refractivity contribution in [3.8, 4) is 0 Å². The monoisotopic (exact) mass is 249 g/mol. The van der Waals surface area contributed by atoms with Crippen LogP contribution in [0.1, 0.15) is 43.4 Å². The molecule has 1 N–H and O–H groups in total. The number of hydrogen-bond donors (Lipinski definition) is 1. The molecular weight excluding hydrogens is 222 g/mol. The smallest absolute Gasteiger partial charge is 0.131 e. The first-order valence-electron chi connectivity index (χ1n) is 6.71. The van der Waals surface area contributed by atoms with Gasteiger partial charge in [0, 0.05) is 13.0 Å². The number of carbonyl (C=O) groups excluding carboxylic acids is 1. The van der Waals surface area contributed by atoms with E-state index < -0.39 is 0 Å². The Balaban J connectivity index is 0.000000321. The summed E-state index contributed by atoms with van der Waals surface area (Å²) in [6.07, 6.45) is 1.80. The van der Waals surface area contributed by atoms with Crippen molar-refractivity contribution in [1.29, 1.82) is 0 Å². The first kappa shape index (κ1) is 16.9. The van der Waals surface area contributed by atoms with E-state index in [4.69, 9.17) is 0 Å². The number of nitrogens with one attached hydrogen (secondary N) is 1. The van der Waals surface area contributed by atoms with Gasteiger partial charge in [0.15, 0.2) is 0 Å². The van der Waals surface area contributed by atoms with Crippen LogP contribution < -0.4 is 5.32 Å². The van der Waals surface area contributed by atoms with Crippen molar-refractivity contribution in [1.82, 2.24) is 5.32 Å². The Bertz CT molecular complexity index is 358. The van der Waals surface area contributed by atoms with Crippen molar-refractivity contribution in [2.24, 2.45) is 0 Å². The van der Waals surface area contributed by atoms with Gasteiger partial charge in [-0.1, -0.05) is 30.7 Å². The van der Waals surface area contributed by atoms with E-state index in [1.807, 2.05) is 0 Å². The molecule has 0 saturated carbocycles. The zero-order valence-electron chi connectivity index (χ0n) is 12.5. The maximum absolute atomic E-state index is 10.4. The summed E-state index contributed by atoms with van der Waals surface area (Å²) in [5, 5.41) is 3.15. The Morgan fingerprint density at radius 1 is 1.11 bits per heavy atom. The standard InChI is InChI=1S/C9H12.C7H15NO/c1-7-4-5-8(2)9(3)6-7;1-3-5-8-6-4-7(2)9/h4-6H,1-3H3;8H,3-6H2,1-2H3. The summed E-state index contributed by atoms with van der Waals surface area (Å²) in [5.74, 6) is 0.263. The second-order valence-corrected chi connectivity index (χ2v) is 4.79. The quantitative estimate of drug-likeness (QED) is 0.808. The second-order valence-electron chi connectivity index (χ2n) is 4.79. The molecule has 0 fully saturated rings. The molecule has 2 nitrogen and oxygen atoms in total. The van der Waals surface area contributed by atoms with Crippen LogP contribution in [0.25, 0.3) is 0 Å². The molecule has 0 aromatic heterocycles. The van der Waals surface area contributed by atoms with Crippen LogP contribution in [0.2, 0.25) is 0 Å². The van der Waals surface area contributed by atoms with E-state index in [1.165, 1.54) is 16.7 Å². The summed E-state index contributed by atoms with van der Waals surface area (Å²) < 4.78 is 0. The van der Waals surface area contributed by atoms with Crippen LogP contribution in [-0.2, 0) is 4.79 Å². The Kier molecular flexibility index (Phi) is 9.21. The van der Waals surface area contributed by atoms with Gasteiger partial charge in [-0.2, -0.15) is 0 Å². The van der Waals surface area contributed by atoms with Gasteiger partial charge in [0.1, 0.15) is 5.78 Å². The lowest BCUT2D eigenvalue weighted by Gasteiger charge is -1.98. The van der Waals surface area contributed by atoms with E-state index in [1.54, 1.807) is 6.92 Å². The van der Waals surface area contributed by atoms with Crippen molar-refractivity contribution >= 4 is 5.78 Å². The van der Waals surface area contributed by atoms with E-state index in [9.17, 15) is 4.79 Å². The van der Waals surface area contributed by atoms with E-state index in [-0.39, 0.29) is 5.78 Å². The predicted octanol–water partition coefficient (Wildman–Crippen LogP) is 3.58. The highest BCUT2D eigenvalue weighted by Gasteiger charge is 1.90. The molecule has 0 aliphatic rings. The number of carbonyl (C=O) groups is 1. The highest BCUT2D eigenvalue weighted by molar-refractivity contribution is 5.75. The minimum atomic E-state index is 0.263. The molecular formula is C16H27NO. The van der Waals surface area contributed by atoms with Gasteiger partial charge in [-0.15, -0.1) is 0 Å². The number of ketones is 1. The van der Waals surface area contributed by atoms with Crippen LogP contribution >= 0.6 is 0 Å². The van der Waals surface area contributed by atoms with Crippen molar-refractivity contribution < 1.29 is 4.79 Å². The first-order valence-corrected chi connectivity index (χ1v) is 6.71. The Morgan fingerprint density at radius 2 is 1.78 bits per heavy atom. The van der Waals surface area contributed by atoms with Gasteiger partial charge in [-0.25, -0.2) is 0 Å². The van der Waals surface area contributed by atoms with Crippen molar-refractivity contribution in [2.75, 3.05) is 13.1 Å². The van der Waals surface area contributed by atoms with Gasteiger partial charge in [0.2, 0.25) is 0 Å². The molecule has 0 spiro atoms. The number of aryl methyl sites for hydroxylation is 3. The summed E-state index contributed by atoms with van der Waals surface area (Å²) >= 11 is 0. The zero-order chi connectivity index (χ0) is 14.0. The molecule has 0 unspecified atom stereocenters. The van der Waals surface area contributed by atoms with Crippen molar-refractivity contribution in [2.45, 2.75) is 47.5 Å². The molecule has 0 atom stereocenters. The minimum absolute atomic E-state index is 0.263. The van der Waals surface area contributed by atoms with Gasteiger partial charge in [-0.3, -0.25) is 4.79 Å². The molecule has 0 heterocycles. The third kappa shape index (κ3) is 8.94. The molecule has 102 valence electrons. The summed E-state index contributed by atoms with van der Waals surface area (Å²) in [7, 11) is 0. The summed E-state index contributed by atoms with van der Waals surface area (Å²) in [6.45, 7) is 12.0. The average Bonchev–Trinajstić information content (AvgIpc) is 2.31. The van der Waals surface area contributed by atoms with E-state index in [2.05, 4.69) is 51.2 Å². The molecule has 2 heteroatoms. The predicted molar refractivity (Wildman–Crippen MR) is 79.1 cm³/mol. The number of hydrogen-bond acceptors (Lipinski definition) is 2. The van der Waals surface area contributed by atoms with Crippen LogP contribution in [0.5, 0.6) is 0 Å². The van der Waals surface area contributed by atoms with Gasteiger partial charge in [-0.05, 0) is 51.8 Å². The molecule has 0 amide bonds. The van der Waals surface area contributed by atoms with Crippen molar-refractivity contribution in [3.63, 3.8) is 0 Å². The summed E-state index contributed by atoms with van der Waals surface area (Å²) in [4.78, 5) is 10.4. The summed E-state index contributed by atoms with van der Waals surface area (Å²) in [6, 6.07) is 6.50. The molecule has 1 aromatic carbocycles. The largest absolute Gasteiger partial charge is 0.316 e. The molecule has 0 saturated heterocycles. The SMILES string of the molecule is CCCNCCC(C)=O.Cc1ccc(C)c(C)c1. The lowest BCUT2D eigenvalue weighted by atomic mass is 10.1. The summed E-state index contributed by atoms with van der Waals surface area (Å²) in [5.41, 5.74) is 4.11. The molecule has 0 aliphatic heterocycles. The van der Waals surface area contributed by atoms with E-state index in [0.29, 0.717) is 6.42 Å². The van der Waals surface area contributed by atoms with Gasteiger partial charge in [0.25, 0.3) is 0 Å².